The van der Waals surface area contributed by atoms with Crippen LogP contribution < -0.4 is 40.2 Å². The summed E-state index contributed by atoms with van der Waals surface area (Å²) in [4.78, 5) is 71.0. The fourth-order valence-corrected chi connectivity index (χ4v) is 17.4. The Bertz CT molecular complexity index is 4940. The quantitative estimate of drug-likeness (QED) is 0.0474. The monoisotopic (exact) mass is 1650 g/mol. The fraction of sp³-hybridized carbons (Fsp3) is 0.412. The molecule has 11 heterocycles. The van der Waals surface area contributed by atoms with Crippen molar-refractivity contribution in [3.05, 3.63) is 249 Å². The van der Waals surface area contributed by atoms with Gasteiger partial charge in [0.15, 0.2) is 0 Å². The van der Waals surface area contributed by atoms with E-state index in [0.29, 0.717) is 114 Å². The number of nitrogens with zero attached hydrogens (tertiary/aromatic N) is 7. The average Bonchev–Trinajstić information content (AvgIpc) is 1.46. The Morgan fingerprint density at radius 1 is 0.364 bits per heavy atom. The number of benzene rings is 5. The minimum absolute atomic E-state index is 0.00302. The van der Waals surface area contributed by atoms with Crippen LogP contribution in [0.25, 0.3) is 22.3 Å². The fourth-order valence-electron chi connectivity index (χ4n) is 17.4. The van der Waals surface area contributed by atoms with Gasteiger partial charge in [0.25, 0.3) is 23.6 Å². The van der Waals surface area contributed by atoms with E-state index >= 15 is 0 Å². The zero-order chi connectivity index (χ0) is 85.4. The molecule has 4 atom stereocenters. The maximum absolute atomic E-state index is 14.1. The van der Waals surface area contributed by atoms with Gasteiger partial charge in [0.05, 0.1) is 16.8 Å². The van der Waals surface area contributed by atoms with Crippen molar-refractivity contribution in [2.45, 2.75) is 155 Å². The first-order valence-electron chi connectivity index (χ1n) is 43.3. The van der Waals surface area contributed by atoms with Crippen LogP contribution in [0.3, 0.4) is 0 Å². The Labute approximate surface area is 709 Å². The number of hydrogen-bond donors (Lipinski definition) is 7. The normalized spacial score (nSPS) is 20.6. The molecule has 4 fully saturated rings. The third-order valence-electron chi connectivity index (χ3n) is 24.2. The Hall–Kier alpha value is -11.3. The van der Waals surface area contributed by atoms with Crippen molar-refractivity contribution in [1.29, 1.82) is 0 Å². The molecule has 121 heavy (non-hydrogen) atoms. The van der Waals surface area contributed by atoms with Crippen molar-refractivity contribution >= 4 is 45.9 Å². The summed E-state index contributed by atoms with van der Waals surface area (Å²) in [5, 5.41) is 45.3. The van der Waals surface area contributed by atoms with Gasteiger partial charge in [0.1, 0.15) is 85.7 Å². The van der Waals surface area contributed by atoms with Crippen LogP contribution in [0.5, 0.6) is 40.2 Å². The van der Waals surface area contributed by atoms with Crippen LogP contribution in [0.15, 0.2) is 170 Å². The number of aromatic hydroxyl groups is 3. The van der Waals surface area contributed by atoms with E-state index in [1.165, 1.54) is 30.3 Å². The molecule has 8 aliphatic heterocycles. The van der Waals surface area contributed by atoms with Crippen molar-refractivity contribution < 1.29 is 62.2 Å². The van der Waals surface area contributed by atoms with E-state index in [2.05, 4.69) is 54.4 Å². The standard InChI is InChI=1S/C25H29FN2O3.C24H28FN3O2.2C24H29N3O3/c1-3-28(4-2)24(30)17-6-8-19(22(29)14-17)21-16-25(10-5-12-27-13-11-25)31-23-9-7-18(26)15-20(21)23;1-3-28(4-2)23(29)17-6-8-21(27-16-17)20-15-24(10-5-12-26-13-11-24)30-22-9-7-18(25)14-19(20)22;1-3-27(4-2)23(29)21-8-6-17(16-26-21)20-15-24(10-5-12-25-13-11-24)30-22-9-7-18(28)14-19(20)22;1-3-27(4-2)23(29)19-10-9-17(16-26-19)18-15-24(11-6-13-25-14-12-24)30-21-8-5-7-20(28)22(18)21/h6-9,14-16,27,29H,3-5,10-13H2,1-2H3;6-9,14-16,26H,3-5,10-13H2,1-2H3;6-9,14-16,25,28H,3-5,10-13H2,1-2H3;5,7-10,15-16,25,28H,3-4,6,11-14H2,1-2H3. The van der Waals surface area contributed by atoms with Crippen molar-refractivity contribution in [2.75, 3.05) is 105 Å². The van der Waals surface area contributed by atoms with Crippen LogP contribution in [0.1, 0.15) is 219 Å². The van der Waals surface area contributed by atoms with Crippen LogP contribution in [0.2, 0.25) is 0 Å². The highest BCUT2D eigenvalue weighted by atomic mass is 19.1. The highest BCUT2D eigenvalue weighted by molar-refractivity contribution is 5.98. The lowest BCUT2D eigenvalue weighted by Gasteiger charge is -2.36. The van der Waals surface area contributed by atoms with Crippen LogP contribution in [-0.4, -0.2) is 201 Å². The van der Waals surface area contributed by atoms with E-state index in [9.17, 15) is 43.3 Å². The minimum atomic E-state index is -0.508. The maximum Gasteiger partial charge on any atom is 0.272 e. The lowest BCUT2D eigenvalue weighted by molar-refractivity contribution is 0.0759. The molecule has 3 aromatic heterocycles. The SMILES string of the molecule is CCN(CC)C(=O)c1ccc(C2=CC3(CCCNCC3)Oc3ccc(F)cc32)c(O)c1.CCN(CC)C(=O)c1ccc(C2=CC3(CCCNCC3)Oc3ccc(F)cc32)nc1.CCN(CC)C(=O)c1ccc(C2=CC3(CCCNCC3)Oc3ccc(O)cc32)cn1.CCN(CC)C(=O)c1ccc(C2=CC3(CCCNCC3)Oc3cccc(O)c32)cn1. The number of rotatable bonds is 16. The number of ether oxygens (including phenoxy) is 4. The second-order valence-corrected chi connectivity index (χ2v) is 31.9. The molecule has 638 valence electrons. The van der Waals surface area contributed by atoms with Crippen molar-refractivity contribution in [1.82, 2.24) is 55.8 Å². The number of fused-ring (bicyclic) bond motifs is 4. The van der Waals surface area contributed by atoms with Gasteiger partial charge in [0, 0.05) is 141 Å². The molecule has 0 radical (unpaired) electrons. The van der Waals surface area contributed by atoms with Crippen molar-refractivity contribution in [3.8, 4) is 40.2 Å². The smallest absolute Gasteiger partial charge is 0.272 e. The third-order valence-corrected chi connectivity index (χ3v) is 24.2. The molecule has 7 N–H and O–H groups in total. The molecular formula is C97H115F2N11O11. The number of carbonyl (C=O) groups is 4. The number of phenols is 3. The first-order chi connectivity index (χ1) is 58.6. The van der Waals surface area contributed by atoms with Gasteiger partial charge in [0.2, 0.25) is 0 Å². The molecule has 24 heteroatoms. The molecule has 4 spiro atoms. The van der Waals surface area contributed by atoms with Crippen molar-refractivity contribution in [2.24, 2.45) is 0 Å². The Morgan fingerprint density at radius 2 is 0.769 bits per heavy atom. The second-order valence-electron chi connectivity index (χ2n) is 31.9. The Morgan fingerprint density at radius 3 is 1.21 bits per heavy atom. The molecule has 4 amide bonds. The van der Waals surface area contributed by atoms with Gasteiger partial charge >= 0.3 is 0 Å². The summed E-state index contributed by atoms with van der Waals surface area (Å²) < 4.78 is 53.9. The maximum atomic E-state index is 14.1. The summed E-state index contributed by atoms with van der Waals surface area (Å²) in [7, 11) is 0. The lowest BCUT2D eigenvalue weighted by atomic mass is 9.84. The summed E-state index contributed by atoms with van der Waals surface area (Å²) in [6.45, 7) is 28.1. The van der Waals surface area contributed by atoms with Crippen molar-refractivity contribution in [3.63, 3.8) is 0 Å². The summed E-state index contributed by atoms with van der Waals surface area (Å²) in [6.07, 6.45) is 24.5. The molecule has 4 unspecified atom stereocenters. The van der Waals surface area contributed by atoms with Crippen LogP contribution >= 0.6 is 0 Å². The Kier molecular flexibility index (Phi) is 28.5. The molecule has 0 aliphatic carbocycles. The summed E-state index contributed by atoms with van der Waals surface area (Å²) in [6, 6.07) is 35.8. The van der Waals surface area contributed by atoms with Gasteiger partial charge in [-0.15, -0.1) is 0 Å². The minimum Gasteiger partial charge on any atom is -0.508 e. The van der Waals surface area contributed by atoms with Crippen LogP contribution in [-0.2, 0) is 0 Å². The second kappa shape index (κ2) is 39.5. The lowest BCUT2D eigenvalue weighted by Crippen LogP contribution is -2.37. The molecular weight excluding hydrogens is 1530 g/mol. The highest BCUT2D eigenvalue weighted by Gasteiger charge is 2.42. The third kappa shape index (κ3) is 20.0. The highest BCUT2D eigenvalue weighted by Crippen LogP contribution is 2.50. The number of aromatic nitrogens is 3. The van der Waals surface area contributed by atoms with Gasteiger partial charge in [-0.1, -0.05) is 18.2 Å². The molecule has 5 aromatic carbocycles. The van der Waals surface area contributed by atoms with Gasteiger partial charge in [-0.25, -0.2) is 8.78 Å². The number of hydrogen-bond acceptors (Lipinski definition) is 18. The van der Waals surface area contributed by atoms with E-state index in [1.807, 2.05) is 97.9 Å². The summed E-state index contributed by atoms with van der Waals surface area (Å²) in [5.41, 5.74) is 9.57. The average molecular weight is 1650 g/mol. The molecule has 0 saturated carbocycles. The molecule has 16 rings (SSSR count). The molecule has 22 nitrogen and oxygen atoms in total. The summed E-state index contributed by atoms with van der Waals surface area (Å²) >= 11 is 0. The first-order valence-corrected chi connectivity index (χ1v) is 43.3. The molecule has 4 saturated heterocycles. The zero-order valence-electron chi connectivity index (χ0n) is 71.0. The largest absolute Gasteiger partial charge is 0.508 e. The number of amides is 4. The Balaban J connectivity index is 0.000000139. The number of nitrogens with one attached hydrogen (secondary N) is 4. The predicted molar refractivity (Wildman–Crippen MR) is 467 cm³/mol. The first kappa shape index (κ1) is 87.5. The number of pyridine rings is 3. The van der Waals surface area contributed by atoms with E-state index in [1.54, 1.807) is 98.9 Å². The molecule has 8 aliphatic rings. The number of halogens is 2. The topological polar surface area (TPSA) is 266 Å². The van der Waals surface area contributed by atoms with Gasteiger partial charge in [-0.2, -0.15) is 0 Å². The predicted octanol–water partition coefficient (Wildman–Crippen LogP) is 15.6. The number of phenolic OH excluding ortho intramolecular Hbond substituents is 3. The van der Waals surface area contributed by atoms with Gasteiger partial charge < -0.3 is 75.1 Å². The number of carbonyl (C=O) groups excluding carboxylic acids is 4. The van der Waals surface area contributed by atoms with Gasteiger partial charge in [-0.05, 0) is 309 Å². The van der Waals surface area contributed by atoms with Gasteiger partial charge in [-0.3, -0.25) is 34.1 Å². The van der Waals surface area contributed by atoms with E-state index in [4.69, 9.17) is 18.9 Å². The molecule has 0 bridgehead atoms. The van der Waals surface area contributed by atoms with Crippen LogP contribution in [0, 0.1) is 11.6 Å². The zero-order valence-corrected chi connectivity index (χ0v) is 71.0. The van der Waals surface area contributed by atoms with E-state index in [0.717, 1.165) is 180 Å². The van der Waals surface area contributed by atoms with Crippen LogP contribution in [0.4, 0.5) is 8.78 Å². The van der Waals surface area contributed by atoms with E-state index in [-0.39, 0.29) is 58.1 Å². The van der Waals surface area contributed by atoms with E-state index < -0.39 is 16.8 Å². The molecule has 8 aromatic rings. The summed E-state index contributed by atoms with van der Waals surface area (Å²) in [5.74, 6) is 2.20.